The average molecular weight is 378 g/mol. The largest absolute Gasteiger partial charge is 0.497 e. The number of carbonyl (C=O) groups is 2. The van der Waals surface area contributed by atoms with Crippen molar-refractivity contribution >= 4 is 23.5 Å². The lowest BCUT2D eigenvalue weighted by Gasteiger charge is -2.10. The molecule has 0 aliphatic rings. The fourth-order valence-electron chi connectivity index (χ4n) is 2.40. The Labute approximate surface area is 156 Å². The van der Waals surface area contributed by atoms with Crippen molar-refractivity contribution < 1.29 is 19.1 Å². The number of aromatic nitrogens is 3. The first kappa shape index (κ1) is 19.8. The van der Waals surface area contributed by atoms with E-state index in [1.54, 1.807) is 25.3 Å². The fourth-order valence-corrected chi connectivity index (χ4v) is 3.31. The van der Waals surface area contributed by atoms with Gasteiger partial charge in [0.25, 0.3) is 0 Å². The summed E-state index contributed by atoms with van der Waals surface area (Å²) in [6.07, 6.45) is 0.636. The Morgan fingerprint density at radius 3 is 2.62 bits per heavy atom. The summed E-state index contributed by atoms with van der Waals surface area (Å²) in [4.78, 5) is 23.6. The molecular weight excluding hydrogens is 356 g/mol. The zero-order chi connectivity index (χ0) is 19.1. The first-order chi connectivity index (χ1) is 12.5. The third-order valence-electron chi connectivity index (χ3n) is 3.74. The Bertz CT molecular complexity index is 791. The van der Waals surface area contributed by atoms with Crippen LogP contribution in [0.15, 0.2) is 23.4 Å². The molecule has 0 saturated heterocycles. The van der Waals surface area contributed by atoms with Crippen molar-refractivity contribution in [2.75, 3.05) is 20.0 Å². The number of primary amides is 1. The van der Waals surface area contributed by atoms with Crippen LogP contribution >= 0.6 is 11.8 Å². The van der Waals surface area contributed by atoms with Gasteiger partial charge in [0.1, 0.15) is 17.3 Å². The molecule has 0 atom stereocenters. The van der Waals surface area contributed by atoms with Crippen LogP contribution in [0.3, 0.4) is 0 Å². The summed E-state index contributed by atoms with van der Waals surface area (Å²) in [5.74, 6) is 1.46. The molecule has 0 saturated carbocycles. The standard InChI is InChI=1S/C17H22N4O4S/c1-4-21-16(8-7-15(18)23)19-20-17(21)26-10-13(22)12-9-11(24-2)5-6-14(12)25-3/h5-6,9H,4,7-8,10H2,1-3H3,(H2,18,23). The van der Waals surface area contributed by atoms with Gasteiger partial charge in [0.2, 0.25) is 5.91 Å². The quantitative estimate of drug-likeness (QED) is 0.495. The van der Waals surface area contributed by atoms with Crippen LogP contribution in [0.4, 0.5) is 0 Å². The monoisotopic (exact) mass is 378 g/mol. The Morgan fingerprint density at radius 1 is 1.23 bits per heavy atom. The van der Waals surface area contributed by atoms with Crippen LogP contribution in [0.25, 0.3) is 0 Å². The maximum Gasteiger partial charge on any atom is 0.217 e. The number of amides is 1. The molecule has 0 fully saturated rings. The molecule has 0 aliphatic heterocycles. The smallest absolute Gasteiger partial charge is 0.217 e. The Balaban J connectivity index is 2.11. The summed E-state index contributed by atoms with van der Waals surface area (Å²) >= 11 is 1.29. The molecule has 26 heavy (non-hydrogen) atoms. The molecule has 1 heterocycles. The summed E-state index contributed by atoms with van der Waals surface area (Å²) < 4.78 is 12.3. The van der Waals surface area contributed by atoms with Crippen molar-refractivity contribution in [2.24, 2.45) is 5.73 Å². The third kappa shape index (κ3) is 4.75. The number of nitrogens with zero attached hydrogens (tertiary/aromatic N) is 3. The van der Waals surface area contributed by atoms with Crippen LogP contribution in [-0.2, 0) is 17.8 Å². The highest BCUT2D eigenvalue weighted by atomic mass is 32.2. The van der Waals surface area contributed by atoms with Gasteiger partial charge in [0.15, 0.2) is 10.9 Å². The van der Waals surface area contributed by atoms with Gasteiger partial charge in [-0.1, -0.05) is 11.8 Å². The van der Waals surface area contributed by atoms with Gasteiger partial charge in [0, 0.05) is 19.4 Å². The van der Waals surface area contributed by atoms with Crippen molar-refractivity contribution in [3.05, 3.63) is 29.6 Å². The number of nitrogens with two attached hydrogens (primary N) is 1. The number of benzene rings is 1. The second-order valence-corrected chi connectivity index (χ2v) is 6.33. The fraction of sp³-hybridized carbons (Fsp3) is 0.412. The summed E-state index contributed by atoms with van der Waals surface area (Å²) in [5.41, 5.74) is 5.64. The number of rotatable bonds is 10. The van der Waals surface area contributed by atoms with Crippen molar-refractivity contribution in [2.45, 2.75) is 31.5 Å². The van der Waals surface area contributed by atoms with Crippen molar-refractivity contribution in [1.29, 1.82) is 0 Å². The minimum absolute atomic E-state index is 0.102. The molecule has 0 radical (unpaired) electrons. The van der Waals surface area contributed by atoms with Gasteiger partial charge in [-0.25, -0.2) is 0 Å². The molecule has 0 bridgehead atoms. The Kier molecular flexibility index (Phi) is 7.02. The van der Waals surface area contributed by atoms with Crippen LogP contribution in [0.1, 0.15) is 29.5 Å². The molecule has 0 aliphatic carbocycles. The minimum Gasteiger partial charge on any atom is -0.497 e. The molecule has 9 heteroatoms. The molecular formula is C17H22N4O4S. The molecule has 0 spiro atoms. The summed E-state index contributed by atoms with van der Waals surface area (Å²) in [6, 6.07) is 5.10. The Morgan fingerprint density at radius 2 is 2.00 bits per heavy atom. The van der Waals surface area contributed by atoms with E-state index in [1.165, 1.54) is 18.9 Å². The molecule has 8 nitrogen and oxygen atoms in total. The number of Topliss-reactive ketones (excluding diaryl/α,β-unsaturated/α-hetero) is 1. The zero-order valence-electron chi connectivity index (χ0n) is 15.0. The van der Waals surface area contributed by atoms with Gasteiger partial charge < -0.3 is 19.8 Å². The number of thioether (sulfide) groups is 1. The van der Waals surface area contributed by atoms with Crippen LogP contribution < -0.4 is 15.2 Å². The van der Waals surface area contributed by atoms with E-state index in [-0.39, 0.29) is 23.9 Å². The van der Waals surface area contributed by atoms with Crippen LogP contribution in [-0.4, -0.2) is 46.4 Å². The number of methoxy groups -OCH3 is 2. The van der Waals surface area contributed by atoms with Crippen molar-refractivity contribution in [3.63, 3.8) is 0 Å². The number of hydrogen-bond acceptors (Lipinski definition) is 7. The maximum absolute atomic E-state index is 12.6. The summed E-state index contributed by atoms with van der Waals surface area (Å²) in [6.45, 7) is 2.59. The van der Waals surface area contributed by atoms with Gasteiger partial charge in [-0.15, -0.1) is 10.2 Å². The lowest BCUT2D eigenvalue weighted by molar-refractivity contribution is -0.118. The van der Waals surface area contributed by atoms with Gasteiger partial charge in [0.05, 0.1) is 25.5 Å². The van der Waals surface area contributed by atoms with E-state index in [1.807, 2.05) is 11.5 Å². The predicted molar refractivity (Wildman–Crippen MR) is 97.8 cm³/mol. The summed E-state index contributed by atoms with van der Waals surface area (Å²) in [7, 11) is 3.06. The van der Waals surface area contributed by atoms with E-state index in [0.717, 1.165) is 0 Å². The summed E-state index contributed by atoms with van der Waals surface area (Å²) in [5, 5.41) is 8.85. The van der Waals surface area contributed by atoms with Gasteiger partial charge >= 0.3 is 0 Å². The maximum atomic E-state index is 12.6. The zero-order valence-corrected chi connectivity index (χ0v) is 15.8. The number of aryl methyl sites for hydroxylation is 1. The molecule has 2 rings (SSSR count). The van der Waals surface area contributed by atoms with Crippen molar-refractivity contribution in [3.8, 4) is 11.5 Å². The third-order valence-corrected chi connectivity index (χ3v) is 4.71. The number of ketones is 1. The molecule has 140 valence electrons. The van der Waals surface area contributed by atoms with E-state index < -0.39 is 0 Å². The molecule has 1 aromatic carbocycles. The lowest BCUT2D eigenvalue weighted by atomic mass is 10.1. The molecule has 2 aromatic rings. The molecule has 1 amide bonds. The minimum atomic E-state index is -0.384. The van der Waals surface area contributed by atoms with Crippen LogP contribution in [0.5, 0.6) is 11.5 Å². The normalized spacial score (nSPS) is 10.6. The van der Waals surface area contributed by atoms with E-state index >= 15 is 0 Å². The predicted octanol–water partition coefficient (Wildman–Crippen LogP) is 1.71. The SMILES string of the molecule is CCn1c(CCC(N)=O)nnc1SCC(=O)c1cc(OC)ccc1OC. The van der Waals surface area contributed by atoms with E-state index in [2.05, 4.69) is 10.2 Å². The number of ether oxygens (including phenoxy) is 2. The molecule has 1 aromatic heterocycles. The topological polar surface area (TPSA) is 109 Å². The highest BCUT2D eigenvalue weighted by molar-refractivity contribution is 7.99. The molecule has 2 N–H and O–H groups in total. The first-order valence-electron chi connectivity index (χ1n) is 8.08. The highest BCUT2D eigenvalue weighted by Gasteiger charge is 2.17. The van der Waals surface area contributed by atoms with Crippen LogP contribution in [0.2, 0.25) is 0 Å². The molecule has 0 unspecified atom stereocenters. The van der Waals surface area contributed by atoms with Gasteiger partial charge in [-0.2, -0.15) is 0 Å². The van der Waals surface area contributed by atoms with E-state index in [0.29, 0.717) is 41.0 Å². The lowest BCUT2D eigenvalue weighted by Crippen LogP contribution is -2.13. The van der Waals surface area contributed by atoms with Crippen LogP contribution in [0, 0.1) is 0 Å². The van der Waals surface area contributed by atoms with Gasteiger partial charge in [-0.05, 0) is 25.1 Å². The van der Waals surface area contributed by atoms with Gasteiger partial charge in [-0.3, -0.25) is 9.59 Å². The van der Waals surface area contributed by atoms with E-state index in [9.17, 15) is 9.59 Å². The van der Waals surface area contributed by atoms with E-state index in [4.69, 9.17) is 15.2 Å². The Hall–Kier alpha value is -2.55. The number of carbonyl (C=O) groups excluding carboxylic acids is 2. The van der Waals surface area contributed by atoms with Crippen molar-refractivity contribution in [1.82, 2.24) is 14.8 Å². The first-order valence-corrected chi connectivity index (χ1v) is 9.07. The second kappa shape index (κ2) is 9.23. The average Bonchev–Trinajstić information content (AvgIpc) is 3.05. The highest BCUT2D eigenvalue weighted by Crippen LogP contribution is 2.27. The second-order valence-electron chi connectivity index (χ2n) is 5.39. The number of hydrogen-bond donors (Lipinski definition) is 1.